The molecule has 0 unspecified atom stereocenters. The van der Waals surface area contributed by atoms with E-state index in [1.54, 1.807) is 11.6 Å². The van der Waals surface area contributed by atoms with E-state index in [-0.39, 0.29) is 0 Å². The van der Waals surface area contributed by atoms with Gasteiger partial charge in [0.25, 0.3) is 0 Å². The highest BCUT2D eigenvalue weighted by atomic mass is 16.5. The lowest BCUT2D eigenvalue weighted by Crippen LogP contribution is -1.98. The number of hydrogen-bond donors (Lipinski definition) is 0. The van der Waals surface area contributed by atoms with Crippen molar-refractivity contribution in [1.29, 1.82) is 0 Å². The fourth-order valence-corrected chi connectivity index (χ4v) is 1.78. The second-order valence-electron chi connectivity index (χ2n) is 4.00. The quantitative estimate of drug-likeness (QED) is 0.717. The summed E-state index contributed by atoms with van der Waals surface area (Å²) in [7, 11) is 1.63. The molecule has 0 radical (unpaired) electrons. The Morgan fingerprint density at radius 3 is 2.84 bits per heavy atom. The summed E-state index contributed by atoms with van der Waals surface area (Å²) in [5, 5.41) is 4.32. The van der Waals surface area contributed by atoms with Gasteiger partial charge in [-0.2, -0.15) is 0 Å². The molecule has 0 N–H and O–H groups in total. The third-order valence-electron chi connectivity index (χ3n) is 2.69. The first-order valence-electron chi connectivity index (χ1n) is 5.92. The fraction of sp³-hybridized carbons (Fsp3) is 0.143. The summed E-state index contributed by atoms with van der Waals surface area (Å²) in [6.07, 6.45) is 1.86. The van der Waals surface area contributed by atoms with Crippen LogP contribution in [0.5, 0.6) is 11.5 Å². The molecule has 0 amide bonds. The van der Waals surface area contributed by atoms with Gasteiger partial charge >= 0.3 is 0 Å². The van der Waals surface area contributed by atoms with E-state index in [4.69, 9.17) is 9.47 Å². The van der Waals surface area contributed by atoms with Gasteiger partial charge in [-0.25, -0.2) is 9.50 Å². The van der Waals surface area contributed by atoms with E-state index >= 15 is 0 Å². The third kappa shape index (κ3) is 2.49. The van der Waals surface area contributed by atoms with Gasteiger partial charge in [-0.1, -0.05) is 12.1 Å². The van der Waals surface area contributed by atoms with Crippen molar-refractivity contribution in [2.45, 2.75) is 6.61 Å². The number of fused-ring (bicyclic) bond motifs is 1. The van der Waals surface area contributed by atoms with Crippen molar-refractivity contribution in [2.75, 3.05) is 7.11 Å². The van der Waals surface area contributed by atoms with Crippen LogP contribution in [0.4, 0.5) is 0 Å². The molecule has 19 heavy (non-hydrogen) atoms. The van der Waals surface area contributed by atoms with Gasteiger partial charge in [0.05, 0.1) is 7.11 Å². The summed E-state index contributed by atoms with van der Waals surface area (Å²) in [6, 6.07) is 13.2. The van der Waals surface area contributed by atoms with Crippen LogP contribution in [0, 0.1) is 0 Å². The number of nitrogens with zero attached hydrogens (tertiary/aromatic N) is 3. The van der Waals surface area contributed by atoms with Gasteiger partial charge in [0, 0.05) is 12.3 Å². The van der Waals surface area contributed by atoms with Crippen LogP contribution in [0.3, 0.4) is 0 Å². The first-order valence-corrected chi connectivity index (χ1v) is 5.92. The van der Waals surface area contributed by atoms with Gasteiger partial charge in [-0.05, 0) is 24.3 Å². The Bertz CT molecular complexity index is 661. The molecule has 2 aromatic heterocycles. The van der Waals surface area contributed by atoms with E-state index in [2.05, 4.69) is 10.1 Å². The van der Waals surface area contributed by atoms with Crippen LogP contribution >= 0.6 is 0 Å². The molecule has 0 bridgehead atoms. The molecule has 0 aliphatic heterocycles. The van der Waals surface area contributed by atoms with Crippen molar-refractivity contribution in [1.82, 2.24) is 14.6 Å². The molecule has 3 aromatic rings. The van der Waals surface area contributed by atoms with Crippen molar-refractivity contribution in [2.24, 2.45) is 0 Å². The first-order chi connectivity index (χ1) is 9.35. The Morgan fingerprint density at radius 2 is 2.00 bits per heavy atom. The molecular formula is C14H13N3O2. The molecule has 0 saturated heterocycles. The van der Waals surface area contributed by atoms with E-state index in [0.29, 0.717) is 12.4 Å². The van der Waals surface area contributed by atoms with Crippen LogP contribution in [0.15, 0.2) is 48.7 Å². The van der Waals surface area contributed by atoms with Crippen molar-refractivity contribution >= 4 is 5.65 Å². The normalized spacial score (nSPS) is 10.6. The number of rotatable bonds is 4. The molecular weight excluding hydrogens is 242 g/mol. The SMILES string of the molecule is COc1cccc(OCc2nc3ccccn3n2)c1. The molecule has 0 saturated carbocycles. The molecule has 3 rings (SSSR count). The highest BCUT2D eigenvalue weighted by Crippen LogP contribution is 2.19. The van der Waals surface area contributed by atoms with E-state index in [9.17, 15) is 0 Å². The van der Waals surface area contributed by atoms with Gasteiger partial charge < -0.3 is 9.47 Å². The average molecular weight is 255 g/mol. The maximum atomic E-state index is 5.65. The van der Waals surface area contributed by atoms with E-state index in [0.717, 1.165) is 17.1 Å². The van der Waals surface area contributed by atoms with Crippen LogP contribution in [-0.2, 0) is 6.61 Å². The standard InChI is InChI=1S/C14H13N3O2/c1-18-11-5-4-6-12(9-11)19-10-13-15-14-7-2-3-8-17(14)16-13/h2-9H,10H2,1H3. The number of ether oxygens (including phenoxy) is 2. The largest absolute Gasteiger partial charge is 0.497 e. The van der Waals surface area contributed by atoms with Gasteiger partial charge in [0.1, 0.15) is 18.1 Å². The predicted octanol–water partition coefficient (Wildman–Crippen LogP) is 2.32. The lowest BCUT2D eigenvalue weighted by atomic mass is 10.3. The average Bonchev–Trinajstić information content (AvgIpc) is 2.88. The monoisotopic (exact) mass is 255 g/mol. The maximum Gasteiger partial charge on any atom is 0.189 e. The Hall–Kier alpha value is -2.56. The highest BCUT2D eigenvalue weighted by Gasteiger charge is 2.04. The number of hydrogen-bond acceptors (Lipinski definition) is 4. The minimum Gasteiger partial charge on any atom is -0.497 e. The molecule has 0 fully saturated rings. The van der Waals surface area contributed by atoms with Gasteiger partial charge in [0.15, 0.2) is 11.5 Å². The van der Waals surface area contributed by atoms with Crippen molar-refractivity contribution in [3.8, 4) is 11.5 Å². The second-order valence-corrected chi connectivity index (χ2v) is 4.00. The summed E-state index contributed by atoms with van der Waals surface area (Å²) in [5.41, 5.74) is 0.812. The minimum atomic E-state index is 0.328. The zero-order valence-electron chi connectivity index (χ0n) is 10.5. The lowest BCUT2D eigenvalue weighted by Gasteiger charge is -2.05. The topological polar surface area (TPSA) is 48.7 Å². The number of methoxy groups -OCH3 is 1. The number of benzene rings is 1. The Balaban J connectivity index is 1.74. The minimum absolute atomic E-state index is 0.328. The zero-order valence-corrected chi connectivity index (χ0v) is 10.5. The van der Waals surface area contributed by atoms with Gasteiger partial charge in [-0.15, -0.1) is 5.10 Å². The maximum absolute atomic E-state index is 5.65. The molecule has 1 aromatic carbocycles. The highest BCUT2D eigenvalue weighted by molar-refractivity contribution is 5.36. The van der Waals surface area contributed by atoms with Crippen molar-refractivity contribution in [3.05, 3.63) is 54.5 Å². The molecule has 5 nitrogen and oxygen atoms in total. The smallest absolute Gasteiger partial charge is 0.189 e. The third-order valence-corrected chi connectivity index (χ3v) is 2.69. The van der Waals surface area contributed by atoms with Crippen LogP contribution in [0.2, 0.25) is 0 Å². The fourth-order valence-electron chi connectivity index (χ4n) is 1.78. The van der Waals surface area contributed by atoms with Crippen LogP contribution < -0.4 is 9.47 Å². The summed E-state index contributed by atoms with van der Waals surface area (Å²) >= 11 is 0. The summed E-state index contributed by atoms with van der Waals surface area (Å²) in [6.45, 7) is 0.328. The van der Waals surface area contributed by atoms with Gasteiger partial charge in [-0.3, -0.25) is 0 Å². The van der Waals surface area contributed by atoms with Crippen molar-refractivity contribution < 1.29 is 9.47 Å². The second kappa shape index (κ2) is 4.97. The Kier molecular flexibility index (Phi) is 3.02. The molecule has 0 aliphatic carbocycles. The number of pyridine rings is 1. The van der Waals surface area contributed by atoms with E-state index < -0.39 is 0 Å². The summed E-state index contributed by atoms with van der Waals surface area (Å²) in [5.74, 6) is 2.15. The van der Waals surface area contributed by atoms with Crippen molar-refractivity contribution in [3.63, 3.8) is 0 Å². The van der Waals surface area contributed by atoms with Gasteiger partial charge in [0.2, 0.25) is 0 Å². The first kappa shape index (κ1) is 11.5. The molecule has 96 valence electrons. The van der Waals surface area contributed by atoms with Crippen LogP contribution in [0.25, 0.3) is 5.65 Å². The molecule has 5 heteroatoms. The Morgan fingerprint density at radius 1 is 1.11 bits per heavy atom. The summed E-state index contributed by atoms with van der Waals surface area (Å²) < 4.78 is 12.5. The molecule has 0 aliphatic rings. The number of aromatic nitrogens is 3. The summed E-state index contributed by atoms with van der Waals surface area (Å²) in [4.78, 5) is 4.37. The molecule has 2 heterocycles. The Labute approximate surface area is 110 Å². The van der Waals surface area contributed by atoms with E-state index in [1.807, 2.05) is 48.7 Å². The molecule has 0 spiro atoms. The predicted molar refractivity (Wildman–Crippen MR) is 70.3 cm³/mol. The van der Waals surface area contributed by atoms with Crippen LogP contribution in [0.1, 0.15) is 5.82 Å². The molecule has 0 atom stereocenters. The van der Waals surface area contributed by atoms with Crippen LogP contribution in [-0.4, -0.2) is 21.7 Å². The van der Waals surface area contributed by atoms with E-state index in [1.165, 1.54) is 0 Å². The zero-order chi connectivity index (χ0) is 13.1. The lowest BCUT2D eigenvalue weighted by molar-refractivity contribution is 0.294.